The molecule has 0 N–H and O–H groups in total. The van der Waals surface area contributed by atoms with Crippen LogP contribution in [0.1, 0.15) is 22.3 Å². The zero-order chi connectivity index (χ0) is 31.8. The van der Waals surface area contributed by atoms with E-state index in [4.69, 9.17) is 23.2 Å². The third-order valence-corrected chi connectivity index (χ3v) is 11.0. The first-order chi connectivity index (χ1) is 22.3. The second-order valence-electron chi connectivity index (χ2n) is 11.9. The van der Waals surface area contributed by atoms with E-state index in [9.17, 15) is 9.59 Å². The number of hydrogen-bond donors (Lipinski definition) is 0. The van der Waals surface area contributed by atoms with Gasteiger partial charge < -0.3 is 0 Å². The number of rotatable bonds is 5. The van der Waals surface area contributed by atoms with Gasteiger partial charge >= 0.3 is 0 Å². The minimum absolute atomic E-state index is 0.193. The Labute approximate surface area is 289 Å². The molecule has 2 fully saturated rings. The van der Waals surface area contributed by atoms with E-state index in [-0.39, 0.29) is 5.78 Å². The fourth-order valence-electron chi connectivity index (χ4n) is 8.20. The highest BCUT2D eigenvalue weighted by Gasteiger charge is 2.82. The van der Waals surface area contributed by atoms with Gasteiger partial charge in [-0.25, -0.2) is 4.90 Å². The highest BCUT2D eigenvalue weighted by molar-refractivity contribution is 14.1. The van der Waals surface area contributed by atoms with Crippen molar-refractivity contribution in [1.29, 1.82) is 0 Å². The van der Waals surface area contributed by atoms with Gasteiger partial charge in [0.2, 0.25) is 11.8 Å². The van der Waals surface area contributed by atoms with Crippen LogP contribution in [-0.2, 0) is 25.2 Å². The van der Waals surface area contributed by atoms with Gasteiger partial charge in [0, 0.05) is 13.6 Å². The van der Waals surface area contributed by atoms with Crippen molar-refractivity contribution in [1.82, 2.24) is 0 Å². The molecule has 4 nitrogen and oxygen atoms in total. The standard InChI is InChI=1S/C39H24Cl2INO3/c40-27-15-11-25(12-16-27)38-31(23-7-3-1-4-8-23)32(24-9-5-2-6-10-24)39(37(38)46,26-13-17-28(41)18-14-26)34-33(38)35(44)43(36(34)45)30-21-19-29(42)20-22-30/h1-22,33-34H/t33-,34+,38-,39-/m0/s1. The zero-order valence-corrected chi connectivity index (χ0v) is 27.8. The van der Waals surface area contributed by atoms with Crippen molar-refractivity contribution in [2.45, 2.75) is 10.8 Å². The Kier molecular flexibility index (Phi) is 6.87. The van der Waals surface area contributed by atoms with Crippen LogP contribution in [-0.4, -0.2) is 17.6 Å². The van der Waals surface area contributed by atoms with Crippen LogP contribution in [0.2, 0.25) is 10.0 Å². The fraction of sp³-hybridized carbons (Fsp3) is 0.103. The van der Waals surface area contributed by atoms with Gasteiger partial charge in [0.15, 0.2) is 5.78 Å². The van der Waals surface area contributed by atoms with Gasteiger partial charge in [-0.2, -0.15) is 0 Å². The molecule has 5 aromatic carbocycles. The minimum atomic E-state index is -1.49. The lowest BCUT2D eigenvalue weighted by Crippen LogP contribution is -2.45. The minimum Gasteiger partial charge on any atom is -0.297 e. The first-order valence-corrected chi connectivity index (χ1v) is 16.7. The number of hydrogen-bond acceptors (Lipinski definition) is 3. The molecule has 2 aliphatic carbocycles. The number of imide groups is 1. The third-order valence-electron chi connectivity index (χ3n) is 9.80. The number of carbonyl (C=O) groups excluding carboxylic acids is 3. The molecule has 2 bridgehead atoms. The summed E-state index contributed by atoms with van der Waals surface area (Å²) in [5.41, 5.74) is 1.83. The average Bonchev–Trinajstić information content (AvgIpc) is 3.58. The molecule has 1 saturated heterocycles. The zero-order valence-electron chi connectivity index (χ0n) is 24.2. The van der Waals surface area contributed by atoms with E-state index in [1.165, 1.54) is 4.90 Å². The van der Waals surface area contributed by atoms with Crippen molar-refractivity contribution in [3.05, 3.63) is 169 Å². The molecule has 0 aromatic heterocycles. The summed E-state index contributed by atoms with van der Waals surface area (Å²) < 4.78 is 0.977. The second kappa shape index (κ2) is 10.8. The molecule has 8 rings (SSSR count). The van der Waals surface area contributed by atoms with Crippen LogP contribution in [0.4, 0.5) is 5.69 Å². The van der Waals surface area contributed by atoms with Crippen molar-refractivity contribution in [2.75, 3.05) is 4.90 Å². The highest BCUT2D eigenvalue weighted by atomic mass is 127. The van der Waals surface area contributed by atoms with E-state index >= 15 is 4.79 Å². The summed E-state index contributed by atoms with van der Waals surface area (Å²) in [6.45, 7) is 0. The summed E-state index contributed by atoms with van der Waals surface area (Å²) in [5.74, 6) is -2.99. The summed E-state index contributed by atoms with van der Waals surface area (Å²) in [7, 11) is 0. The molecular weight excluding hydrogens is 728 g/mol. The summed E-state index contributed by atoms with van der Waals surface area (Å²) >= 11 is 15.0. The van der Waals surface area contributed by atoms with Crippen LogP contribution in [0.5, 0.6) is 0 Å². The normalized spacial score (nSPS) is 25.0. The molecule has 1 aliphatic heterocycles. The van der Waals surface area contributed by atoms with Crippen molar-refractivity contribution in [2.24, 2.45) is 11.8 Å². The summed E-state index contributed by atoms with van der Waals surface area (Å²) in [4.78, 5) is 47.2. The topological polar surface area (TPSA) is 54.5 Å². The van der Waals surface area contributed by atoms with Crippen LogP contribution >= 0.6 is 45.8 Å². The molecule has 2 amide bonds. The Morgan fingerprint density at radius 1 is 0.522 bits per heavy atom. The lowest BCUT2D eigenvalue weighted by molar-refractivity contribution is -0.130. The molecular formula is C39H24Cl2INO3. The predicted octanol–water partition coefficient (Wildman–Crippen LogP) is 8.79. The number of nitrogens with zero attached hydrogens (tertiary/aromatic N) is 1. The summed E-state index contributed by atoms with van der Waals surface area (Å²) in [6.07, 6.45) is 0. The number of halogens is 3. The van der Waals surface area contributed by atoms with Crippen LogP contribution < -0.4 is 4.90 Å². The molecule has 0 unspecified atom stereocenters. The number of fused-ring (bicyclic) bond motifs is 5. The Hall–Kier alpha value is -4.04. The van der Waals surface area contributed by atoms with Crippen molar-refractivity contribution >= 4 is 80.2 Å². The van der Waals surface area contributed by atoms with Crippen LogP contribution in [0, 0.1) is 15.4 Å². The van der Waals surface area contributed by atoms with Gasteiger partial charge in [0.25, 0.3) is 0 Å². The van der Waals surface area contributed by atoms with E-state index < -0.39 is 34.5 Å². The quantitative estimate of drug-likeness (QED) is 0.133. The Morgan fingerprint density at radius 2 is 0.913 bits per heavy atom. The highest BCUT2D eigenvalue weighted by Crippen LogP contribution is 2.74. The number of allylic oxidation sites excluding steroid dienone is 2. The van der Waals surface area contributed by atoms with E-state index in [0.717, 1.165) is 25.8 Å². The van der Waals surface area contributed by atoms with Crippen LogP contribution in [0.15, 0.2) is 133 Å². The van der Waals surface area contributed by atoms with Crippen molar-refractivity contribution in [3.63, 3.8) is 0 Å². The maximum absolute atomic E-state index is 15.9. The largest absolute Gasteiger partial charge is 0.297 e. The maximum atomic E-state index is 15.9. The Balaban J connectivity index is 1.56. The molecule has 5 aromatic rings. The first kappa shape index (κ1) is 29.4. The summed E-state index contributed by atoms with van der Waals surface area (Å²) in [5, 5.41) is 1.01. The number of anilines is 1. The van der Waals surface area contributed by atoms with Gasteiger partial charge in [-0.15, -0.1) is 0 Å². The SMILES string of the molecule is O=C1[C@@H]2[C@H](C(=O)N1c1ccc(I)cc1)[C@@]1(c3ccc(Cl)cc3)C(=O)[C@@]2(c2ccc(Cl)cc2)C(c2ccccc2)=C1c1ccccc1. The second-order valence-corrected chi connectivity index (χ2v) is 14.0. The Bertz CT molecular complexity index is 1950. The van der Waals surface area contributed by atoms with Crippen LogP contribution in [0.3, 0.4) is 0 Å². The monoisotopic (exact) mass is 751 g/mol. The van der Waals surface area contributed by atoms with Gasteiger partial charge in [-0.1, -0.05) is 108 Å². The van der Waals surface area contributed by atoms with Gasteiger partial charge in [-0.3, -0.25) is 14.4 Å². The fourth-order valence-corrected chi connectivity index (χ4v) is 8.81. The molecule has 0 radical (unpaired) electrons. The first-order valence-electron chi connectivity index (χ1n) is 14.9. The third kappa shape index (κ3) is 3.82. The smallest absolute Gasteiger partial charge is 0.239 e. The molecule has 1 saturated carbocycles. The van der Waals surface area contributed by atoms with Crippen molar-refractivity contribution < 1.29 is 14.4 Å². The maximum Gasteiger partial charge on any atom is 0.239 e. The number of ketones is 1. The molecule has 0 spiro atoms. The van der Waals surface area contributed by atoms with Gasteiger partial charge in [-0.05, 0) is 105 Å². The summed E-state index contributed by atoms with van der Waals surface area (Å²) in [6, 6.07) is 41.1. The average molecular weight is 752 g/mol. The molecule has 4 atom stereocenters. The predicted molar refractivity (Wildman–Crippen MR) is 190 cm³/mol. The van der Waals surface area contributed by atoms with Crippen molar-refractivity contribution in [3.8, 4) is 0 Å². The van der Waals surface area contributed by atoms with E-state index in [0.29, 0.717) is 26.9 Å². The lowest BCUT2D eigenvalue weighted by Gasteiger charge is -2.39. The van der Waals surface area contributed by atoms with Gasteiger partial charge in [0.05, 0.1) is 28.4 Å². The lowest BCUT2D eigenvalue weighted by atomic mass is 9.59. The van der Waals surface area contributed by atoms with E-state index in [1.54, 1.807) is 36.4 Å². The molecule has 3 aliphatic rings. The molecule has 224 valence electrons. The van der Waals surface area contributed by atoms with E-state index in [2.05, 4.69) is 22.6 Å². The van der Waals surface area contributed by atoms with Crippen LogP contribution in [0.25, 0.3) is 11.1 Å². The molecule has 1 heterocycles. The Morgan fingerprint density at radius 3 is 1.30 bits per heavy atom. The number of amides is 2. The van der Waals surface area contributed by atoms with Gasteiger partial charge in [0.1, 0.15) is 0 Å². The molecule has 46 heavy (non-hydrogen) atoms. The molecule has 7 heteroatoms. The number of carbonyl (C=O) groups is 3. The van der Waals surface area contributed by atoms with E-state index in [1.807, 2.05) is 97.1 Å². The number of Topliss-reactive ketones (excluding diaryl/α,β-unsaturated/α-hetero) is 1. The number of benzene rings is 5.